The fourth-order valence-electron chi connectivity index (χ4n) is 0.203. The number of rotatable bonds is 2. The maximum absolute atomic E-state index is 10.9. The number of halogens is 1. The molecule has 0 aliphatic heterocycles. The first-order valence-electron chi connectivity index (χ1n) is 2.97. The molecule has 0 N–H and O–H groups in total. The standard InChI is InChI=1S/C4H8O2.CH3FO3S/c1-3-6-4(2)5;1-5-6(2,3)4/h3H2,1-2H3;1H3. The molecule has 0 aliphatic carbocycles. The lowest BCUT2D eigenvalue weighted by atomic mass is 10.8. The Balaban J connectivity index is 0. The molecule has 0 bridgehead atoms. The largest absolute Gasteiger partial charge is 0.466 e. The Morgan fingerprint density at radius 3 is 1.83 bits per heavy atom. The minimum Gasteiger partial charge on any atom is -0.466 e. The first-order chi connectivity index (χ1) is 5.33. The molecular weight excluding hydrogens is 191 g/mol. The smallest absolute Gasteiger partial charge is 0.437 e. The van der Waals surface area contributed by atoms with Crippen LogP contribution in [0.2, 0.25) is 0 Å². The summed E-state index contributed by atoms with van der Waals surface area (Å²) in [5.74, 6) is -0.211. The van der Waals surface area contributed by atoms with Crippen LogP contribution in [0.4, 0.5) is 3.89 Å². The van der Waals surface area contributed by atoms with Gasteiger partial charge in [0.05, 0.1) is 13.7 Å². The van der Waals surface area contributed by atoms with Gasteiger partial charge in [-0.1, -0.05) is 3.89 Å². The Kier molecular flexibility index (Phi) is 8.07. The van der Waals surface area contributed by atoms with Crippen LogP contribution in [-0.2, 0) is 24.2 Å². The molecule has 0 unspecified atom stereocenters. The molecular formula is C5H11FO5S. The number of esters is 1. The fraction of sp³-hybridized carbons (Fsp3) is 0.800. The monoisotopic (exact) mass is 202 g/mol. The van der Waals surface area contributed by atoms with Crippen molar-refractivity contribution in [2.24, 2.45) is 0 Å². The summed E-state index contributed by atoms with van der Waals surface area (Å²) in [5, 5.41) is 0. The van der Waals surface area contributed by atoms with Crippen molar-refractivity contribution in [1.29, 1.82) is 0 Å². The Bertz CT molecular complexity index is 210. The third-order valence-corrected chi connectivity index (χ3v) is 0.945. The van der Waals surface area contributed by atoms with Crippen LogP contribution in [0.15, 0.2) is 0 Å². The zero-order valence-corrected chi connectivity index (χ0v) is 7.85. The van der Waals surface area contributed by atoms with Crippen molar-refractivity contribution in [3.05, 3.63) is 0 Å². The highest BCUT2D eigenvalue weighted by Gasteiger charge is 1.98. The van der Waals surface area contributed by atoms with Gasteiger partial charge in [0.1, 0.15) is 0 Å². The second-order valence-corrected chi connectivity index (χ2v) is 2.60. The van der Waals surface area contributed by atoms with Crippen LogP contribution in [-0.4, -0.2) is 28.1 Å². The summed E-state index contributed by atoms with van der Waals surface area (Å²) in [6.45, 7) is 3.65. The van der Waals surface area contributed by atoms with E-state index in [4.69, 9.17) is 8.42 Å². The molecule has 0 aliphatic rings. The summed E-state index contributed by atoms with van der Waals surface area (Å²) < 4.78 is 36.7. The molecule has 0 atom stereocenters. The van der Waals surface area contributed by atoms with E-state index in [9.17, 15) is 8.68 Å². The van der Waals surface area contributed by atoms with Crippen LogP contribution in [0.5, 0.6) is 0 Å². The van der Waals surface area contributed by atoms with Crippen LogP contribution in [0.3, 0.4) is 0 Å². The third-order valence-electron chi connectivity index (χ3n) is 0.547. The van der Waals surface area contributed by atoms with E-state index in [1.165, 1.54) is 6.92 Å². The first kappa shape index (κ1) is 13.9. The third kappa shape index (κ3) is 22.8. The van der Waals surface area contributed by atoms with Gasteiger partial charge in [0.25, 0.3) is 0 Å². The van der Waals surface area contributed by atoms with Crippen molar-refractivity contribution in [3.8, 4) is 0 Å². The highest BCUT2D eigenvalue weighted by Crippen LogP contribution is 1.85. The Morgan fingerprint density at radius 2 is 1.83 bits per heavy atom. The van der Waals surface area contributed by atoms with E-state index >= 15 is 0 Å². The number of hydrogen-bond acceptors (Lipinski definition) is 5. The van der Waals surface area contributed by atoms with Crippen LogP contribution in [0.25, 0.3) is 0 Å². The maximum atomic E-state index is 10.9. The second-order valence-electron chi connectivity index (χ2n) is 1.48. The minimum absolute atomic E-state index is 0.211. The van der Waals surface area contributed by atoms with Gasteiger partial charge in [-0.3, -0.25) is 4.79 Å². The molecule has 5 nitrogen and oxygen atoms in total. The predicted octanol–water partition coefficient (Wildman–Crippen LogP) is 0.416. The molecule has 74 valence electrons. The van der Waals surface area contributed by atoms with Gasteiger partial charge in [0.15, 0.2) is 0 Å². The van der Waals surface area contributed by atoms with Gasteiger partial charge in [-0.2, -0.15) is 8.42 Å². The van der Waals surface area contributed by atoms with Gasteiger partial charge < -0.3 is 4.74 Å². The number of ether oxygens (including phenoxy) is 1. The zero-order chi connectivity index (χ0) is 10.2. The lowest BCUT2D eigenvalue weighted by molar-refractivity contribution is -0.140. The molecule has 0 amide bonds. The van der Waals surface area contributed by atoms with E-state index in [1.54, 1.807) is 6.92 Å². The zero-order valence-electron chi connectivity index (χ0n) is 7.03. The summed E-state index contributed by atoms with van der Waals surface area (Å²) in [6.07, 6.45) is 0. The van der Waals surface area contributed by atoms with Crippen molar-refractivity contribution < 1.29 is 26.0 Å². The lowest BCUT2D eigenvalue weighted by Crippen LogP contribution is -1.95. The van der Waals surface area contributed by atoms with Crippen molar-refractivity contribution in [2.75, 3.05) is 13.7 Å². The lowest BCUT2D eigenvalue weighted by Gasteiger charge is -1.89. The SMILES string of the molecule is CCOC(C)=O.COS(=O)(=O)F. The van der Waals surface area contributed by atoms with E-state index in [-0.39, 0.29) is 5.97 Å². The van der Waals surface area contributed by atoms with E-state index in [0.717, 1.165) is 7.11 Å². The highest BCUT2D eigenvalue weighted by molar-refractivity contribution is 7.81. The molecule has 0 radical (unpaired) electrons. The molecule has 7 heteroatoms. The molecule has 0 aromatic carbocycles. The minimum atomic E-state index is -4.66. The van der Waals surface area contributed by atoms with Crippen LogP contribution < -0.4 is 0 Å². The molecule has 0 aromatic heterocycles. The number of carbonyl (C=O) groups excluding carboxylic acids is 1. The van der Waals surface area contributed by atoms with Crippen LogP contribution in [0, 0.1) is 0 Å². The van der Waals surface area contributed by atoms with E-state index in [0.29, 0.717) is 6.61 Å². The van der Waals surface area contributed by atoms with Gasteiger partial charge in [-0.25, -0.2) is 4.18 Å². The Hall–Kier alpha value is -0.690. The second kappa shape index (κ2) is 6.99. The average molecular weight is 202 g/mol. The van der Waals surface area contributed by atoms with E-state index < -0.39 is 10.5 Å². The van der Waals surface area contributed by atoms with Crippen molar-refractivity contribution >= 4 is 16.5 Å². The molecule has 0 aromatic rings. The molecule has 0 fully saturated rings. The van der Waals surface area contributed by atoms with Gasteiger partial charge >= 0.3 is 16.5 Å². The quantitative estimate of drug-likeness (QED) is 0.479. The van der Waals surface area contributed by atoms with Gasteiger partial charge in [0, 0.05) is 6.92 Å². The van der Waals surface area contributed by atoms with Crippen molar-refractivity contribution in [1.82, 2.24) is 0 Å². The Labute approximate surface area is 70.9 Å². The molecule has 12 heavy (non-hydrogen) atoms. The number of hydrogen-bond donors (Lipinski definition) is 0. The van der Waals surface area contributed by atoms with Crippen LogP contribution >= 0.6 is 0 Å². The van der Waals surface area contributed by atoms with Crippen molar-refractivity contribution in [3.63, 3.8) is 0 Å². The van der Waals surface area contributed by atoms with Crippen molar-refractivity contribution in [2.45, 2.75) is 13.8 Å². The topological polar surface area (TPSA) is 69.7 Å². The van der Waals surface area contributed by atoms with E-state index in [2.05, 4.69) is 8.92 Å². The van der Waals surface area contributed by atoms with E-state index in [1.807, 2.05) is 0 Å². The normalized spacial score (nSPS) is 9.67. The fourth-order valence-corrected chi connectivity index (χ4v) is 0.203. The molecule has 0 rings (SSSR count). The highest BCUT2D eigenvalue weighted by atomic mass is 32.3. The Morgan fingerprint density at radius 1 is 1.50 bits per heavy atom. The first-order valence-corrected chi connectivity index (χ1v) is 4.28. The van der Waals surface area contributed by atoms with Crippen LogP contribution in [0.1, 0.15) is 13.8 Å². The molecule has 0 saturated carbocycles. The van der Waals surface area contributed by atoms with Gasteiger partial charge in [0.2, 0.25) is 0 Å². The average Bonchev–Trinajstić information content (AvgIpc) is 1.87. The predicted molar refractivity (Wildman–Crippen MR) is 39.3 cm³/mol. The summed E-state index contributed by atoms with van der Waals surface area (Å²) in [7, 11) is -3.92. The summed E-state index contributed by atoms with van der Waals surface area (Å²) >= 11 is 0. The maximum Gasteiger partial charge on any atom is 0.437 e. The van der Waals surface area contributed by atoms with Gasteiger partial charge in [-0.15, -0.1) is 0 Å². The molecule has 0 spiro atoms. The number of carbonyl (C=O) groups is 1. The summed E-state index contributed by atoms with van der Waals surface area (Å²) in [6, 6.07) is 0. The van der Waals surface area contributed by atoms with Gasteiger partial charge in [-0.05, 0) is 6.92 Å². The molecule has 0 heterocycles. The molecule has 0 saturated heterocycles. The summed E-state index contributed by atoms with van der Waals surface area (Å²) in [5.41, 5.74) is 0. The summed E-state index contributed by atoms with van der Waals surface area (Å²) in [4.78, 5) is 9.82.